The molecule has 2 heterocycles. The predicted octanol–water partition coefficient (Wildman–Crippen LogP) is 3.58. The molecule has 1 fully saturated rings. The molecule has 3 rings (SSSR count). The highest BCUT2D eigenvalue weighted by Crippen LogP contribution is 2.38. The van der Waals surface area contributed by atoms with E-state index in [9.17, 15) is 35.9 Å². The maximum atomic E-state index is 13.3. The van der Waals surface area contributed by atoms with E-state index in [1.807, 2.05) is 0 Å². The molecule has 15 heteroatoms. The zero-order valence-corrected chi connectivity index (χ0v) is 21.3. The second-order valence-corrected chi connectivity index (χ2v) is 9.19. The van der Waals surface area contributed by atoms with Gasteiger partial charge in [0.05, 0.1) is 30.3 Å². The molecule has 0 spiro atoms. The van der Waals surface area contributed by atoms with Crippen LogP contribution in [0.15, 0.2) is 42.3 Å². The molecule has 0 bridgehead atoms. The molecule has 1 unspecified atom stereocenters. The summed E-state index contributed by atoms with van der Waals surface area (Å²) in [6.45, 7) is 3.35. The van der Waals surface area contributed by atoms with Gasteiger partial charge in [0.15, 0.2) is 5.76 Å². The number of anilines is 1. The molecule has 3 N–H and O–H groups in total. The zero-order valence-electron chi connectivity index (χ0n) is 21.3. The molecule has 9 nitrogen and oxygen atoms in total. The maximum absolute atomic E-state index is 13.3. The average Bonchev–Trinajstić information content (AvgIpc) is 3.60. The number of rotatable bonds is 10. The summed E-state index contributed by atoms with van der Waals surface area (Å²) < 4.78 is 91.3. The number of halogens is 6. The third kappa shape index (κ3) is 8.04. The second kappa shape index (κ2) is 11.5. The lowest BCUT2D eigenvalue weighted by Crippen LogP contribution is -2.53. The monoisotopic (exact) mass is 563 g/mol. The number of carbonyl (C=O) groups excluding carboxylic acids is 2. The summed E-state index contributed by atoms with van der Waals surface area (Å²) in [5, 5.41) is 7.88. The Bertz CT molecular complexity index is 1200. The van der Waals surface area contributed by atoms with Gasteiger partial charge in [0.2, 0.25) is 5.91 Å². The van der Waals surface area contributed by atoms with Gasteiger partial charge in [0.1, 0.15) is 24.5 Å². The number of hydrogen-bond acceptors (Lipinski definition) is 7. The van der Waals surface area contributed by atoms with E-state index in [1.165, 1.54) is 6.33 Å². The number of amides is 1. The lowest BCUT2D eigenvalue weighted by atomic mass is 10.0. The Morgan fingerprint density at radius 1 is 1.08 bits per heavy atom. The van der Waals surface area contributed by atoms with Crippen molar-refractivity contribution >= 4 is 17.6 Å². The van der Waals surface area contributed by atoms with Crippen LogP contribution in [0, 0.1) is 5.92 Å². The average molecular weight is 563 g/mol. The van der Waals surface area contributed by atoms with Crippen molar-refractivity contribution in [1.29, 1.82) is 0 Å². The highest BCUT2D eigenvalue weighted by molar-refractivity contribution is 5.88. The smallest absolute Gasteiger partial charge is 0.416 e. The van der Waals surface area contributed by atoms with E-state index < -0.39 is 59.0 Å². The number of alkyl halides is 6. The first-order chi connectivity index (χ1) is 18.1. The fraction of sp³-hybridized carbons (Fsp3) is 0.458. The van der Waals surface area contributed by atoms with Gasteiger partial charge in [0, 0.05) is 25.4 Å². The largest absolute Gasteiger partial charge is 0.482 e. The molecule has 1 amide bonds. The molecule has 2 aromatic rings. The lowest BCUT2D eigenvalue weighted by Gasteiger charge is -2.26. The third-order valence-electron chi connectivity index (χ3n) is 5.65. The number of methoxy groups -OCH3 is 1. The first-order valence-electron chi connectivity index (χ1n) is 11.6. The Balaban J connectivity index is 1.84. The first-order valence-corrected chi connectivity index (χ1v) is 11.6. The lowest BCUT2D eigenvalue weighted by molar-refractivity contribution is -0.145. The Morgan fingerprint density at radius 2 is 1.67 bits per heavy atom. The number of benzene rings is 1. The summed E-state index contributed by atoms with van der Waals surface area (Å²) in [5.74, 6) is -1.74. The van der Waals surface area contributed by atoms with Crippen molar-refractivity contribution in [2.24, 2.45) is 13.0 Å². The number of carbonyl (C=O) groups is 2. The number of nitrogens with zero attached hydrogens (tertiary/aromatic N) is 2. The van der Waals surface area contributed by atoms with E-state index in [-0.39, 0.29) is 30.7 Å². The Morgan fingerprint density at radius 3 is 2.10 bits per heavy atom. The van der Waals surface area contributed by atoms with Crippen LogP contribution in [-0.4, -0.2) is 47.2 Å². The number of hydrogen-bond donors (Lipinski definition) is 3. The third-order valence-corrected chi connectivity index (χ3v) is 5.65. The van der Waals surface area contributed by atoms with E-state index in [2.05, 4.69) is 20.9 Å². The second-order valence-electron chi connectivity index (χ2n) is 9.19. The fourth-order valence-corrected chi connectivity index (χ4v) is 3.61. The first kappa shape index (κ1) is 29.6. The van der Waals surface area contributed by atoms with Crippen molar-refractivity contribution in [3.05, 3.63) is 59.1 Å². The van der Waals surface area contributed by atoms with E-state index in [0.717, 1.165) is 7.11 Å². The Hall–Kier alpha value is -3.91. The summed E-state index contributed by atoms with van der Waals surface area (Å²) in [7, 11) is 2.88. The number of ether oxygens (including phenoxy) is 2. The van der Waals surface area contributed by atoms with E-state index in [1.54, 1.807) is 31.7 Å². The van der Waals surface area contributed by atoms with Gasteiger partial charge in [-0.25, -0.2) is 9.78 Å². The van der Waals surface area contributed by atoms with Crippen LogP contribution in [0.1, 0.15) is 30.7 Å². The topological polar surface area (TPSA) is 110 Å². The van der Waals surface area contributed by atoms with Crippen LogP contribution in [0.3, 0.4) is 0 Å². The van der Waals surface area contributed by atoms with Crippen LogP contribution in [-0.2, 0) is 44.9 Å². The van der Waals surface area contributed by atoms with Crippen molar-refractivity contribution in [2.75, 3.05) is 19.0 Å². The van der Waals surface area contributed by atoms with Gasteiger partial charge in [-0.1, -0.05) is 13.8 Å². The van der Waals surface area contributed by atoms with Crippen molar-refractivity contribution in [3.63, 3.8) is 0 Å². The van der Waals surface area contributed by atoms with Crippen molar-refractivity contribution in [1.82, 2.24) is 20.2 Å². The molecule has 1 aromatic carbocycles. The fourth-order valence-electron chi connectivity index (χ4n) is 3.61. The SMILES string of the molecule is COC(=O)C(Cc1cn(C)cn1)NC(=O)[C@@H](N/C(Nc1cc(C(F)(F)F)cc(C(F)(F)F)c1)=C1/CO1)C(C)C. The molecule has 1 aliphatic rings. The summed E-state index contributed by atoms with van der Waals surface area (Å²) in [5.41, 5.74) is -3.03. The minimum Gasteiger partial charge on any atom is -0.482 e. The maximum Gasteiger partial charge on any atom is 0.416 e. The van der Waals surface area contributed by atoms with Gasteiger partial charge in [0.25, 0.3) is 0 Å². The van der Waals surface area contributed by atoms with Crippen LogP contribution in [0.25, 0.3) is 0 Å². The normalized spacial score (nSPS) is 16.2. The number of epoxide rings is 1. The summed E-state index contributed by atoms with van der Waals surface area (Å²) >= 11 is 0. The van der Waals surface area contributed by atoms with E-state index in [4.69, 9.17) is 9.47 Å². The van der Waals surface area contributed by atoms with E-state index >= 15 is 0 Å². The van der Waals surface area contributed by atoms with Gasteiger partial charge >= 0.3 is 18.3 Å². The zero-order chi connectivity index (χ0) is 29.1. The summed E-state index contributed by atoms with van der Waals surface area (Å²) in [6, 6.07) is -1.14. The van der Waals surface area contributed by atoms with Crippen LogP contribution >= 0.6 is 0 Å². The minimum atomic E-state index is -5.04. The molecule has 0 aliphatic carbocycles. The number of nitrogens with one attached hydrogen (secondary N) is 3. The molecular formula is C24H27F6N5O4. The Kier molecular flexibility index (Phi) is 8.70. The molecule has 0 saturated carbocycles. The highest BCUT2D eigenvalue weighted by Gasteiger charge is 2.38. The van der Waals surface area contributed by atoms with Gasteiger partial charge < -0.3 is 30.0 Å². The summed E-state index contributed by atoms with van der Waals surface area (Å²) in [4.78, 5) is 29.7. The highest BCUT2D eigenvalue weighted by atomic mass is 19.4. The number of aryl methyl sites for hydroxylation is 1. The standard InChI is InChI=1S/C24H27F6N5O4/c1-12(2)19(21(36)33-17(22(37)38-4)8-16-9-35(3)11-31-16)34-20(18-10-39-18)32-15-6-13(23(25,26)27)5-14(7-15)24(28,29)30/h5-7,9,11-12,17,19,32,34H,8,10H2,1-4H3,(H,33,36)/b20-18-/t17?,19-/m0/s1. The molecule has 214 valence electrons. The van der Waals surface area contributed by atoms with Crippen LogP contribution in [0.4, 0.5) is 32.0 Å². The minimum absolute atomic E-state index is 0.0119. The van der Waals surface area contributed by atoms with Crippen molar-refractivity contribution in [3.8, 4) is 0 Å². The van der Waals surface area contributed by atoms with Crippen LogP contribution in [0.2, 0.25) is 0 Å². The van der Waals surface area contributed by atoms with Gasteiger partial charge in [-0.15, -0.1) is 0 Å². The number of imidazole rings is 1. The molecule has 1 aromatic heterocycles. The number of aromatic nitrogens is 2. The van der Waals surface area contributed by atoms with Crippen molar-refractivity contribution in [2.45, 2.75) is 44.7 Å². The molecule has 0 radical (unpaired) electrons. The molecule has 39 heavy (non-hydrogen) atoms. The molecular weight excluding hydrogens is 536 g/mol. The Labute approximate surface area is 219 Å². The van der Waals surface area contributed by atoms with Crippen LogP contribution < -0.4 is 16.0 Å². The van der Waals surface area contributed by atoms with Crippen molar-refractivity contribution < 1.29 is 45.4 Å². The van der Waals surface area contributed by atoms with Gasteiger partial charge in [-0.3, -0.25) is 4.79 Å². The van der Waals surface area contributed by atoms with Gasteiger partial charge in [-0.2, -0.15) is 26.3 Å². The van der Waals surface area contributed by atoms with Crippen LogP contribution in [0.5, 0.6) is 0 Å². The molecule has 1 saturated heterocycles. The van der Waals surface area contributed by atoms with E-state index in [0.29, 0.717) is 17.8 Å². The summed E-state index contributed by atoms with van der Waals surface area (Å²) in [6.07, 6.45) is -6.89. The predicted molar refractivity (Wildman–Crippen MR) is 126 cm³/mol. The quantitative estimate of drug-likeness (QED) is 0.230. The molecule has 1 aliphatic heterocycles. The number of esters is 1. The molecule has 2 atom stereocenters. The van der Waals surface area contributed by atoms with Gasteiger partial charge in [-0.05, 0) is 24.1 Å².